The highest BCUT2D eigenvalue weighted by molar-refractivity contribution is 5.90. The maximum absolute atomic E-state index is 13.6. The minimum absolute atomic E-state index is 0.101. The zero-order valence-electron chi connectivity index (χ0n) is 13.1. The van der Waals surface area contributed by atoms with E-state index in [0.29, 0.717) is 5.82 Å². The summed E-state index contributed by atoms with van der Waals surface area (Å²) in [6, 6.07) is 4.37. The zero-order chi connectivity index (χ0) is 16.6. The Morgan fingerprint density at radius 3 is 2.96 bits per heavy atom. The van der Waals surface area contributed by atoms with Gasteiger partial charge in [0.05, 0.1) is 0 Å². The van der Waals surface area contributed by atoms with Crippen molar-refractivity contribution in [1.29, 1.82) is 0 Å². The molecular formula is C16H19FN4O2. The number of benzene rings is 1. The van der Waals surface area contributed by atoms with E-state index in [-0.39, 0.29) is 29.4 Å². The second kappa shape index (κ2) is 5.98. The van der Waals surface area contributed by atoms with Gasteiger partial charge in [0.2, 0.25) is 11.9 Å². The van der Waals surface area contributed by atoms with Gasteiger partial charge in [0.15, 0.2) is 11.6 Å². The third-order valence-corrected chi connectivity index (χ3v) is 4.01. The van der Waals surface area contributed by atoms with E-state index in [1.807, 2.05) is 0 Å². The van der Waals surface area contributed by atoms with Gasteiger partial charge >= 0.3 is 0 Å². The number of anilines is 1. The number of rotatable bonds is 3. The average molecular weight is 318 g/mol. The van der Waals surface area contributed by atoms with E-state index in [2.05, 4.69) is 15.4 Å². The van der Waals surface area contributed by atoms with Gasteiger partial charge in [-0.15, -0.1) is 5.10 Å². The monoisotopic (exact) mass is 318 g/mol. The van der Waals surface area contributed by atoms with Gasteiger partial charge in [0, 0.05) is 18.4 Å². The zero-order valence-corrected chi connectivity index (χ0v) is 13.1. The van der Waals surface area contributed by atoms with Gasteiger partial charge in [-0.05, 0) is 30.5 Å². The average Bonchev–Trinajstić information content (AvgIpc) is 2.92. The number of carbonyl (C=O) groups excluding carboxylic acids is 1. The highest BCUT2D eigenvalue weighted by atomic mass is 19.1. The Hall–Kier alpha value is -2.44. The first-order valence-corrected chi connectivity index (χ1v) is 7.69. The van der Waals surface area contributed by atoms with Crippen LogP contribution in [0.3, 0.4) is 0 Å². The lowest BCUT2D eigenvalue weighted by Crippen LogP contribution is -2.18. The van der Waals surface area contributed by atoms with Gasteiger partial charge in [-0.3, -0.25) is 10.1 Å². The van der Waals surface area contributed by atoms with Crippen molar-refractivity contribution in [1.82, 2.24) is 14.8 Å². The largest absolute Gasteiger partial charge is 0.505 e. The molecule has 1 aromatic carbocycles. The maximum Gasteiger partial charge on any atom is 0.249 e. The molecule has 2 heterocycles. The number of nitrogens with zero attached hydrogens (tertiary/aromatic N) is 3. The summed E-state index contributed by atoms with van der Waals surface area (Å²) < 4.78 is 15.4. The highest BCUT2D eigenvalue weighted by Gasteiger charge is 2.27. The summed E-state index contributed by atoms with van der Waals surface area (Å²) in [6.45, 7) is 4.32. The number of aromatic nitrogens is 3. The smallest absolute Gasteiger partial charge is 0.249 e. The molecule has 0 saturated heterocycles. The van der Waals surface area contributed by atoms with Gasteiger partial charge in [0.25, 0.3) is 0 Å². The summed E-state index contributed by atoms with van der Waals surface area (Å²) in [7, 11) is 0. The predicted octanol–water partition coefficient (Wildman–Crippen LogP) is 2.64. The number of phenolic OH excluding ortho intramolecular Hbond substituents is 1. The minimum atomic E-state index is -0.646. The number of halogens is 1. The normalized spacial score (nSPS) is 17.1. The lowest BCUT2D eigenvalue weighted by molar-refractivity contribution is -0.118. The van der Waals surface area contributed by atoms with Crippen molar-refractivity contribution in [2.45, 2.75) is 39.2 Å². The molecule has 0 saturated carbocycles. The number of amides is 1. The molecule has 1 unspecified atom stereocenters. The molecule has 0 aliphatic carbocycles. The Morgan fingerprint density at radius 2 is 2.26 bits per heavy atom. The lowest BCUT2D eigenvalue weighted by Gasteiger charge is -2.22. The second-order valence-corrected chi connectivity index (χ2v) is 6.07. The van der Waals surface area contributed by atoms with Crippen molar-refractivity contribution in [2.75, 3.05) is 5.32 Å². The molecule has 2 N–H and O–H groups in total. The molecule has 1 aliphatic rings. The van der Waals surface area contributed by atoms with E-state index in [1.165, 1.54) is 12.1 Å². The standard InChI is InChI=1S/C16H19FN4O2/c1-9(2)15(23)19-16-18-14-11(4-3-7-21(14)20-16)10-5-6-13(22)12(17)8-10/h5-6,8-9,11,22H,3-4,7H2,1-2H3,(H,19,20,23). The number of carbonyl (C=O) groups is 1. The molecule has 6 nitrogen and oxygen atoms in total. The van der Waals surface area contributed by atoms with Gasteiger partial charge in [-0.2, -0.15) is 4.98 Å². The molecule has 2 aromatic rings. The molecule has 3 rings (SSSR count). The fourth-order valence-electron chi connectivity index (χ4n) is 2.71. The van der Waals surface area contributed by atoms with Crippen LogP contribution in [-0.4, -0.2) is 25.8 Å². The van der Waals surface area contributed by atoms with E-state index < -0.39 is 5.82 Å². The molecule has 0 bridgehead atoms. The Balaban J connectivity index is 1.91. The van der Waals surface area contributed by atoms with Crippen LogP contribution < -0.4 is 5.32 Å². The van der Waals surface area contributed by atoms with E-state index >= 15 is 0 Å². The van der Waals surface area contributed by atoms with E-state index in [0.717, 1.165) is 24.9 Å². The summed E-state index contributed by atoms with van der Waals surface area (Å²) in [5, 5.41) is 16.4. The number of nitrogens with one attached hydrogen (secondary N) is 1. The van der Waals surface area contributed by atoms with Crippen LogP contribution in [0.5, 0.6) is 5.75 Å². The molecule has 0 radical (unpaired) electrons. The van der Waals surface area contributed by atoms with Gasteiger partial charge in [-0.1, -0.05) is 19.9 Å². The first-order chi connectivity index (χ1) is 11.0. The van der Waals surface area contributed by atoms with Crippen LogP contribution in [-0.2, 0) is 11.3 Å². The molecule has 1 amide bonds. The molecule has 0 fully saturated rings. The Bertz CT molecular complexity index is 742. The minimum Gasteiger partial charge on any atom is -0.505 e. The Kier molecular flexibility index (Phi) is 4.02. The second-order valence-electron chi connectivity index (χ2n) is 6.07. The molecular weight excluding hydrogens is 299 g/mol. The van der Waals surface area contributed by atoms with E-state index in [9.17, 15) is 14.3 Å². The van der Waals surface area contributed by atoms with Crippen LogP contribution in [0.1, 0.15) is 44.0 Å². The Morgan fingerprint density at radius 1 is 1.48 bits per heavy atom. The first-order valence-electron chi connectivity index (χ1n) is 7.69. The van der Waals surface area contributed by atoms with Crippen LogP contribution in [0.4, 0.5) is 10.3 Å². The van der Waals surface area contributed by atoms with Crippen molar-refractivity contribution < 1.29 is 14.3 Å². The number of fused-ring (bicyclic) bond motifs is 1. The summed E-state index contributed by atoms with van der Waals surface area (Å²) >= 11 is 0. The third kappa shape index (κ3) is 3.04. The number of aromatic hydroxyl groups is 1. The molecule has 122 valence electrons. The highest BCUT2D eigenvalue weighted by Crippen LogP contribution is 2.34. The van der Waals surface area contributed by atoms with Crippen molar-refractivity contribution in [2.24, 2.45) is 5.92 Å². The molecule has 1 aliphatic heterocycles. The van der Waals surface area contributed by atoms with Gasteiger partial charge < -0.3 is 5.11 Å². The SMILES string of the molecule is CC(C)C(=O)Nc1nc2n(n1)CCCC2c1ccc(O)c(F)c1. The van der Waals surface area contributed by atoms with E-state index in [4.69, 9.17) is 0 Å². The Labute approximate surface area is 133 Å². The summed E-state index contributed by atoms with van der Waals surface area (Å²) in [4.78, 5) is 16.2. The van der Waals surface area contributed by atoms with E-state index in [1.54, 1.807) is 24.6 Å². The molecule has 1 aromatic heterocycles. The van der Waals surface area contributed by atoms with Crippen LogP contribution >= 0.6 is 0 Å². The van der Waals surface area contributed by atoms with Crippen LogP contribution in [0.15, 0.2) is 18.2 Å². The van der Waals surface area contributed by atoms with Gasteiger partial charge in [-0.25, -0.2) is 9.07 Å². The fourth-order valence-corrected chi connectivity index (χ4v) is 2.71. The maximum atomic E-state index is 13.6. The first kappa shape index (κ1) is 15.5. The van der Waals surface area contributed by atoms with Crippen LogP contribution in [0.25, 0.3) is 0 Å². The van der Waals surface area contributed by atoms with Crippen LogP contribution in [0.2, 0.25) is 0 Å². The van der Waals surface area contributed by atoms with Crippen LogP contribution in [0, 0.1) is 11.7 Å². The number of hydrogen-bond acceptors (Lipinski definition) is 4. The lowest BCUT2D eigenvalue weighted by atomic mass is 9.91. The van der Waals surface area contributed by atoms with Crippen molar-refractivity contribution in [3.8, 4) is 5.75 Å². The van der Waals surface area contributed by atoms with Crippen molar-refractivity contribution in [3.63, 3.8) is 0 Å². The topological polar surface area (TPSA) is 80.0 Å². The molecule has 0 spiro atoms. The summed E-state index contributed by atoms with van der Waals surface area (Å²) in [5.41, 5.74) is 0.746. The molecule has 7 heteroatoms. The summed E-state index contributed by atoms with van der Waals surface area (Å²) in [5.74, 6) is -0.414. The third-order valence-electron chi connectivity index (χ3n) is 4.01. The number of phenols is 1. The number of hydrogen-bond donors (Lipinski definition) is 2. The quantitative estimate of drug-likeness (QED) is 0.912. The molecule has 23 heavy (non-hydrogen) atoms. The summed E-state index contributed by atoms with van der Waals surface area (Å²) in [6.07, 6.45) is 1.71. The predicted molar refractivity (Wildman–Crippen MR) is 82.6 cm³/mol. The van der Waals surface area contributed by atoms with Gasteiger partial charge in [0.1, 0.15) is 5.82 Å². The van der Waals surface area contributed by atoms with Crippen molar-refractivity contribution in [3.05, 3.63) is 35.4 Å². The fraction of sp³-hybridized carbons (Fsp3) is 0.438. The van der Waals surface area contributed by atoms with Crippen molar-refractivity contribution >= 4 is 11.9 Å². The molecule has 1 atom stereocenters. The number of aryl methyl sites for hydroxylation is 1.